The van der Waals surface area contributed by atoms with Crippen molar-refractivity contribution in [2.75, 3.05) is 25.4 Å². The molecule has 7 nitrogen and oxygen atoms in total. The smallest absolute Gasteiger partial charge is 0.249 e. The lowest BCUT2D eigenvalue weighted by atomic mass is 9.85. The minimum Gasteiger partial charge on any atom is -0.355 e. The zero-order valence-corrected chi connectivity index (χ0v) is 26.9. The fourth-order valence-corrected chi connectivity index (χ4v) is 5.25. The number of rotatable bonds is 22. The molecule has 1 aliphatic heterocycles. The van der Waals surface area contributed by atoms with Crippen LogP contribution in [0.2, 0.25) is 0 Å². The highest BCUT2D eigenvalue weighted by molar-refractivity contribution is 8.13. The first-order valence-electron chi connectivity index (χ1n) is 15.7. The highest BCUT2D eigenvalue weighted by Gasteiger charge is 2.45. The van der Waals surface area contributed by atoms with E-state index in [0.29, 0.717) is 25.3 Å². The van der Waals surface area contributed by atoms with Gasteiger partial charge in [0.05, 0.1) is 6.61 Å². The molecule has 0 spiro atoms. The molecule has 1 heterocycles. The molecule has 0 aromatic rings. The minimum atomic E-state index is -0.808. The van der Waals surface area contributed by atoms with Crippen LogP contribution in [0.5, 0.6) is 0 Å². The predicted octanol–water partition coefficient (Wildman–Crippen LogP) is 7.08. The van der Waals surface area contributed by atoms with E-state index in [0.717, 1.165) is 12.8 Å². The quantitative estimate of drug-likeness (QED) is 0.105. The van der Waals surface area contributed by atoms with Crippen LogP contribution in [0, 0.1) is 5.41 Å². The van der Waals surface area contributed by atoms with Gasteiger partial charge in [0.25, 0.3) is 0 Å². The third-order valence-corrected chi connectivity index (χ3v) is 8.06. The minimum absolute atomic E-state index is 0.000659. The monoisotopic (exact) mass is 582 g/mol. The normalized spacial score (nSPS) is 18.1. The molecular formula is C32H58N2O5S. The summed E-state index contributed by atoms with van der Waals surface area (Å²) in [5.41, 5.74) is -0.444. The standard InChI is InChI=1S/C32H58N2O5S/c1-6-7-8-9-10-11-12-13-14-15-16-17-18-19-20-21-27(35)33-24-25-40-28(36)22-23-34-30(37)29-31(2,3)26-38-32(4,5)39-29/h13-14,29H,6-12,15-26H2,1-5H3,(H,33,35)(H,34,37)/b14-13-. The van der Waals surface area contributed by atoms with E-state index in [1.54, 1.807) is 13.8 Å². The second kappa shape index (κ2) is 21.3. The summed E-state index contributed by atoms with van der Waals surface area (Å²) in [5, 5.41) is 5.72. The Morgan fingerprint density at radius 2 is 1.40 bits per heavy atom. The van der Waals surface area contributed by atoms with Crippen molar-refractivity contribution < 1.29 is 23.9 Å². The average molecular weight is 583 g/mol. The number of thioether (sulfide) groups is 1. The summed E-state index contributed by atoms with van der Waals surface area (Å²) in [6.45, 7) is 10.9. The Hall–Kier alpha value is -1.38. The van der Waals surface area contributed by atoms with Gasteiger partial charge in [0, 0.05) is 37.1 Å². The lowest BCUT2D eigenvalue weighted by molar-refractivity contribution is -0.304. The van der Waals surface area contributed by atoms with Gasteiger partial charge in [0.1, 0.15) is 6.10 Å². The van der Waals surface area contributed by atoms with E-state index >= 15 is 0 Å². The molecular weight excluding hydrogens is 524 g/mol. The zero-order valence-electron chi connectivity index (χ0n) is 26.1. The zero-order chi connectivity index (χ0) is 29.7. The molecule has 0 radical (unpaired) electrons. The summed E-state index contributed by atoms with van der Waals surface area (Å²) in [4.78, 5) is 36.8. The second-order valence-corrected chi connectivity index (χ2v) is 13.3. The number of hydrogen-bond acceptors (Lipinski definition) is 6. The Kier molecular flexibility index (Phi) is 19.6. The van der Waals surface area contributed by atoms with Crippen molar-refractivity contribution in [2.45, 2.75) is 143 Å². The van der Waals surface area contributed by atoms with E-state index in [9.17, 15) is 14.4 Å². The van der Waals surface area contributed by atoms with Gasteiger partial charge in [0.2, 0.25) is 11.8 Å². The van der Waals surface area contributed by atoms with E-state index in [1.165, 1.54) is 82.4 Å². The van der Waals surface area contributed by atoms with E-state index in [1.807, 2.05) is 13.8 Å². The average Bonchev–Trinajstić information content (AvgIpc) is 2.90. The van der Waals surface area contributed by atoms with Gasteiger partial charge in [-0.15, -0.1) is 0 Å². The molecule has 232 valence electrons. The van der Waals surface area contributed by atoms with Crippen LogP contribution in [0.4, 0.5) is 0 Å². The van der Waals surface area contributed by atoms with Gasteiger partial charge < -0.3 is 20.1 Å². The van der Waals surface area contributed by atoms with E-state index in [2.05, 4.69) is 29.7 Å². The fourth-order valence-electron chi connectivity index (χ4n) is 4.57. The molecule has 8 heteroatoms. The number of carbonyl (C=O) groups is 3. The maximum absolute atomic E-state index is 12.6. The van der Waals surface area contributed by atoms with Crippen molar-refractivity contribution in [1.29, 1.82) is 0 Å². The maximum atomic E-state index is 12.6. The first kappa shape index (κ1) is 36.6. The van der Waals surface area contributed by atoms with E-state index < -0.39 is 17.3 Å². The summed E-state index contributed by atoms with van der Waals surface area (Å²) < 4.78 is 11.5. The molecule has 2 N–H and O–H groups in total. The number of amides is 2. The Balaban J connectivity index is 1.95. The van der Waals surface area contributed by atoms with Gasteiger partial charge in [-0.3, -0.25) is 14.4 Å². The third-order valence-electron chi connectivity index (χ3n) is 7.12. The molecule has 0 bridgehead atoms. The lowest BCUT2D eigenvalue weighted by Gasteiger charge is -2.44. The maximum Gasteiger partial charge on any atom is 0.249 e. The van der Waals surface area contributed by atoms with Crippen LogP contribution in [0.15, 0.2) is 12.2 Å². The number of allylic oxidation sites excluding steroid dienone is 2. The van der Waals surface area contributed by atoms with Crippen molar-refractivity contribution >= 4 is 28.7 Å². The topological polar surface area (TPSA) is 93.7 Å². The summed E-state index contributed by atoms with van der Waals surface area (Å²) in [6, 6.07) is 0. The van der Waals surface area contributed by atoms with Gasteiger partial charge in [-0.1, -0.05) is 96.1 Å². The van der Waals surface area contributed by atoms with Crippen molar-refractivity contribution in [1.82, 2.24) is 10.6 Å². The van der Waals surface area contributed by atoms with Crippen molar-refractivity contribution in [3.8, 4) is 0 Å². The van der Waals surface area contributed by atoms with E-state index in [-0.39, 0.29) is 29.9 Å². The Bertz CT molecular complexity index is 754. The van der Waals surface area contributed by atoms with Gasteiger partial charge in [-0.05, 0) is 46.0 Å². The largest absolute Gasteiger partial charge is 0.355 e. The molecule has 1 saturated heterocycles. The molecule has 1 fully saturated rings. The van der Waals surface area contributed by atoms with Gasteiger partial charge in [-0.25, -0.2) is 0 Å². The second-order valence-electron chi connectivity index (χ2n) is 12.1. The number of ether oxygens (including phenoxy) is 2. The SMILES string of the molecule is CCCCCCCC/C=C\CCCCCCCC(=O)NCCSC(=O)CCNC(=O)C1OC(C)(C)OCC1(C)C. The molecule has 1 unspecified atom stereocenters. The van der Waals surface area contributed by atoms with Gasteiger partial charge in [0.15, 0.2) is 10.9 Å². The van der Waals surface area contributed by atoms with Crippen molar-refractivity contribution in [3.05, 3.63) is 12.2 Å². The van der Waals surface area contributed by atoms with Crippen LogP contribution in [0.25, 0.3) is 0 Å². The molecule has 2 amide bonds. The number of nitrogens with one attached hydrogen (secondary N) is 2. The van der Waals surface area contributed by atoms with Crippen LogP contribution < -0.4 is 10.6 Å². The first-order chi connectivity index (χ1) is 19.1. The Morgan fingerprint density at radius 1 is 0.800 bits per heavy atom. The van der Waals surface area contributed by atoms with Crippen LogP contribution >= 0.6 is 11.8 Å². The van der Waals surface area contributed by atoms with Crippen LogP contribution in [-0.4, -0.2) is 54.3 Å². The number of carbonyl (C=O) groups excluding carboxylic acids is 3. The summed E-state index contributed by atoms with van der Waals surface area (Å²) >= 11 is 1.19. The lowest BCUT2D eigenvalue weighted by Crippen LogP contribution is -2.56. The molecule has 0 aromatic heterocycles. The summed E-state index contributed by atoms with van der Waals surface area (Å²) in [6.07, 6.45) is 21.0. The van der Waals surface area contributed by atoms with E-state index in [4.69, 9.17) is 9.47 Å². The fraction of sp³-hybridized carbons (Fsp3) is 0.844. The molecule has 40 heavy (non-hydrogen) atoms. The van der Waals surface area contributed by atoms with Crippen LogP contribution in [0.3, 0.4) is 0 Å². The number of unbranched alkanes of at least 4 members (excludes halogenated alkanes) is 11. The first-order valence-corrected chi connectivity index (χ1v) is 16.7. The highest BCUT2D eigenvalue weighted by Crippen LogP contribution is 2.34. The van der Waals surface area contributed by atoms with Crippen molar-refractivity contribution in [3.63, 3.8) is 0 Å². The molecule has 1 aliphatic rings. The molecule has 0 aliphatic carbocycles. The molecule has 0 aromatic carbocycles. The number of hydrogen-bond donors (Lipinski definition) is 2. The molecule has 1 rings (SSSR count). The van der Waals surface area contributed by atoms with Gasteiger partial charge in [-0.2, -0.15) is 0 Å². The van der Waals surface area contributed by atoms with Crippen LogP contribution in [-0.2, 0) is 23.9 Å². The van der Waals surface area contributed by atoms with Crippen LogP contribution in [0.1, 0.15) is 131 Å². The summed E-state index contributed by atoms with van der Waals surface area (Å²) in [7, 11) is 0. The van der Waals surface area contributed by atoms with Crippen molar-refractivity contribution in [2.24, 2.45) is 5.41 Å². The Morgan fingerprint density at radius 3 is 2.05 bits per heavy atom. The Labute approximate surface area is 248 Å². The predicted molar refractivity (Wildman–Crippen MR) is 166 cm³/mol. The third kappa shape index (κ3) is 18.1. The molecule has 0 saturated carbocycles. The summed E-state index contributed by atoms with van der Waals surface area (Å²) in [5.74, 6) is -0.436. The highest BCUT2D eigenvalue weighted by atomic mass is 32.2. The van der Waals surface area contributed by atoms with Gasteiger partial charge >= 0.3 is 0 Å². The molecule has 1 atom stereocenters.